The predicted molar refractivity (Wildman–Crippen MR) is 109 cm³/mol. The van der Waals surface area contributed by atoms with E-state index in [4.69, 9.17) is 0 Å². The average Bonchev–Trinajstić information content (AvgIpc) is 2.99. The third-order valence-electron chi connectivity index (χ3n) is 5.01. The summed E-state index contributed by atoms with van der Waals surface area (Å²) in [6, 6.07) is 7.59. The van der Waals surface area contributed by atoms with E-state index in [1.165, 1.54) is 25.9 Å². The minimum absolute atomic E-state index is 0.0579. The zero-order chi connectivity index (χ0) is 19.6. The number of carbonyl (C=O) groups excluding carboxylic acids is 2. The van der Waals surface area contributed by atoms with Crippen LogP contribution in [0.3, 0.4) is 0 Å². The molecule has 1 fully saturated rings. The summed E-state index contributed by atoms with van der Waals surface area (Å²) < 4.78 is 0. The number of amides is 3. The fraction of sp³-hybridized carbons (Fsp3) is 0.619. The van der Waals surface area contributed by atoms with Gasteiger partial charge >= 0.3 is 6.03 Å². The number of rotatable bonds is 10. The summed E-state index contributed by atoms with van der Waals surface area (Å²) in [6.45, 7) is 11.1. The van der Waals surface area contributed by atoms with Crippen molar-refractivity contribution in [3.8, 4) is 0 Å². The van der Waals surface area contributed by atoms with Crippen LogP contribution in [0.15, 0.2) is 24.3 Å². The van der Waals surface area contributed by atoms with E-state index in [-0.39, 0.29) is 18.0 Å². The number of hydrogen-bond donors (Lipinski definition) is 3. The second-order valence-electron chi connectivity index (χ2n) is 7.49. The van der Waals surface area contributed by atoms with Crippen LogP contribution in [0.4, 0.5) is 10.5 Å². The second kappa shape index (κ2) is 10.9. The van der Waals surface area contributed by atoms with Gasteiger partial charge < -0.3 is 20.4 Å². The molecule has 1 aliphatic heterocycles. The van der Waals surface area contributed by atoms with Crippen LogP contribution in [-0.2, 0) is 4.79 Å². The van der Waals surface area contributed by atoms with Crippen LogP contribution < -0.4 is 20.4 Å². The highest BCUT2D eigenvalue weighted by Crippen LogP contribution is 2.21. The number of nitrogens with one attached hydrogen (secondary N) is 3. The van der Waals surface area contributed by atoms with E-state index in [1.807, 2.05) is 31.2 Å². The Kier molecular flexibility index (Phi) is 8.58. The Morgan fingerprint density at radius 1 is 1.15 bits per heavy atom. The highest BCUT2D eigenvalue weighted by Gasteiger charge is 2.31. The molecule has 27 heavy (non-hydrogen) atoms. The third-order valence-corrected chi connectivity index (χ3v) is 5.01. The van der Waals surface area contributed by atoms with Crippen molar-refractivity contribution < 1.29 is 14.5 Å². The standard InChI is InChI=1S/C21H34N4O2/c1-4-12-24(13-5-2)14-6-11-22-21(27)23-18-15-20(26)25(16-18)19-9-7-17(3)8-10-19/h7-10,18H,4-6,11-16H2,1-3H3,(H2,22,23,27)/p+1/t18-/m1/s1. The third kappa shape index (κ3) is 6.86. The monoisotopic (exact) mass is 375 g/mol. The number of benzene rings is 1. The molecule has 1 aromatic rings. The van der Waals surface area contributed by atoms with Crippen molar-refractivity contribution in [3.63, 3.8) is 0 Å². The van der Waals surface area contributed by atoms with Gasteiger partial charge in [-0.3, -0.25) is 4.79 Å². The van der Waals surface area contributed by atoms with E-state index < -0.39 is 0 Å². The average molecular weight is 376 g/mol. The molecule has 1 aromatic carbocycles. The maximum Gasteiger partial charge on any atom is 0.315 e. The number of aryl methyl sites for hydroxylation is 1. The highest BCUT2D eigenvalue weighted by atomic mass is 16.2. The van der Waals surface area contributed by atoms with E-state index >= 15 is 0 Å². The van der Waals surface area contributed by atoms with E-state index in [0.717, 1.165) is 24.2 Å². The molecule has 1 atom stereocenters. The van der Waals surface area contributed by atoms with Crippen LogP contribution in [0.25, 0.3) is 0 Å². The zero-order valence-electron chi connectivity index (χ0n) is 17.0. The fourth-order valence-corrected chi connectivity index (χ4v) is 3.64. The molecule has 3 N–H and O–H groups in total. The zero-order valence-corrected chi connectivity index (χ0v) is 17.0. The van der Waals surface area contributed by atoms with Gasteiger partial charge in [-0.1, -0.05) is 31.5 Å². The van der Waals surface area contributed by atoms with Gasteiger partial charge in [0.1, 0.15) is 0 Å². The minimum Gasteiger partial charge on any atom is -0.338 e. The van der Waals surface area contributed by atoms with Crippen molar-refractivity contribution in [3.05, 3.63) is 29.8 Å². The Morgan fingerprint density at radius 2 is 1.81 bits per heavy atom. The molecule has 1 heterocycles. The molecule has 1 aliphatic rings. The first kappa shape index (κ1) is 21.2. The van der Waals surface area contributed by atoms with Crippen molar-refractivity contribution in [1.82, 2.24) is 10.6 Å². The van der Waals surface area contributed by atoms with Gasteiger partial charge in [0.15, 0.2) is 0 Å². The summed E-state index contributed by atoms with van der Waals surface area (Å²) in [7, 11) is 0. The normalized spacial score (nSPS) is 16.8. The largest absolute Gasteiger partial charge is 0.338 e. The maximum atomic E-state index is 12.3. The van der Waals surface area contributed by atoms with Crippen LogP contribution in [0.2, 0.25) is 0 Å². The molecule has 0 radical (unpaired) electrons. The quantitative estimate of drug-likeness (QED) is 0.543. The molecule has 1 saturated heterocycles. The molecule has 6 heteroatoms. The second-order valence-corrected chi connectivity index (χ2v) is 7.49. The van der Waals surface area contributed by atoms with Gasteiger partial charge in [0, 0.05) is 31.6 Å². The first-order chi connectivity index (χ1) is 13.0. The number of hydrogen-bond acceptors (Lipinski definition) is 2. The Labute approximate surface area is 163 Å². The summed E-state index contributed by atoms with van der Waals surface area (Å²) in [6.07, 6.45) is 3.71. The molecule has 2 rings (SSSR count). The van der Waals surface area contributed by atoms with Gasteiger partial charge in [0.05, 0.1) is 25.7 Å². The highest BCUT2D eigenvalue weighted by molar-refractivity contribution is 5.96. The smallest absolute Gasteiger partial charge is 0.315 e. The number of quaternary nitrogens is 1. The summed E-state index contributed by atoms with van der Waals surface area (Å²) in [5, 5.41) is 5.87. The summed E-state index contributed by atoms with van der Waals surface area (Å²) in [5.41, 5.74) is 2.06. The lowest BCUT2D eigenvalue weighted by Crippen LogP contribution is -3.12. The summed E-state index contributed by atoms with van der Waals surface area (Å²) >= 11 is 0. The Balaban J connectivity index is 1.70. The lowest BCUT2D eigenvalue weighted by Gasteiger charge is -2.19. The lowest BCUT2D eigenvalue weighted by molar-refractivity contribution is -0.900. The fourth-order valence-electron chi connectivity index (χ4n) is 3.64. The van der Waals surface area contributed by atoms with Gasteiger partial charge in [0.2, 0.25) is 5.91 Å². The van der Waals surface area contributed by atoms with Crippen molar-refractivity contribution in [2.45, 2.75) is 52.5 Å². The first-order valence-electron chi connectivity index (χ1n) is 10.3. The molecule has 0 saturated carbocycles. The molecule has 0 spiro atoms. The van der Waals surface area contributed by atoms with Crippen LogP contribution in [0.5, 0.6) is 0 Å². The van der Waals surface area contributed by atoms with Gasteiger partial charge in [-0.25, -0.2) is 4.79 Å². The summed E-state index contributed by atoms with van der Waals surface area (Å²) in [5.74, 6) is 0.0579. The maximum absolute atomic E-state index is 12.3. The number of nitrogens with zero attached hydrogens (tertiary/aromatic N) is 1. The molecular formula is C21H35N4O2+. The van der Waals surface area contributed by atoms with Crippen molar-refractivity contribution in [2.75, 3.05) is 37.6 Å². The lowest BCUT2D eigenvalue weighted by atomic mass is 10.2. The number of anilines is 1. The van der Waals surface area contributed by atoms with Gasteiger partial charge in [0.25, 0.3) is 0 Å². The Bertz CT molecular complexity index is 597. The van der Waals surface area contributed by atoms with Gasteiger partial charge in [-0.05, 0) is 31.9 Å². The molecule has 0 aliphatic carbocycles. The van der Waals surface area contributed by atoms with Crippen LogP contribution in [-0.4, -0.2) is 50.7 Å². The van der Waals surface area contributed by atoms with Crippen LogP contribution in [0.1, 0.15) is 45.1 Å². The van der Waals surface area contributed by atoms with Crippen molar-refractivity contribution in [1.29, 1.82) is 0 Å². The SMILES string of the molecule is CCC[NH+](CCC)CCCNC(=O)N[C@@H]1CC(=O)N(c2ccc(C)cc2)C1. The van der Waals surface area contributed by atoms with Crippen molar-refractivity contribution in [2.24, 2.45) is 0 Å². The molecule has 0 bridgehead atoms. The Morgan fingerprint density at radius 3 is 2.44 bits per heavy atom. The number of carbonyl (C=O) groups is 2. The molecule has 0 aromatic heterocycles. The van der Waals surface area contributed by atoms with E-state index in [0.29, 0.717) is 19.5 Å². The predicted octanol–water partition coefficient (Wildman–Crippen LogP) is 1.49. The number of urea groups is 1. The molecule has 150 valence electrons. The molecule has 0 unspecified atom stereocenters. The van der Waals surface area contributed by atoms with E-state index in [9.17, 15) is 9.59 Å². The van der Waals surface area contributed by atoms with Crippen LogP contribution in [0, 0.1) is 6.92 Å². The molecular weight excluding hydrogens is 340 g/mol. The first-order valence-corrected chi connectivity index (χ1v) is 10.3. The van der Waals surface area contributed by atoms with Gasteiger partial charge in [-0.15, -0.1) is 0 Å². The molecule has 3 amide bonds. The molecule has 6 nitrogen and oxygen atoms in total. The van der Waals surface area contributed by atoms with Crippen molar-refractivity contribution >= 4 is 17.6 Å². The van der Waals surface area contributed by atoms with Gasteiger partial charge in [-0.2, -0.15) is 0 Å². The topological polar surface area (TPSA) is 65.9 Å². The van der Waals surface area contributed by atoms with E-state index in [2.05, 4.69) is 24.5 Å². The Hall–Kier alpha value is -2.08. The van der Waals surface area contributed by atoms with E-state index in [1.54, 1.807) is 9.80 Å². The minimum atomic E-state index is -0.175. The summed E-state index contributed by atoms with van der Waals surface area (Å²) in [4.78, 5) is 27.8. The van der Waals surface area contributed by atoms with Crippen LogP contribution >= 0.6 is 0 Å².